The number of aromatic nitrogens is 4. The molecule has 0 fully saturated rings. The first-order chi connectivity index (χ1) is 14.1. The number of carbonyl (C=O) groups excluding carboxylic acids is 1. The van der Waals surface area contributed by atoms with E-state index >= 15 is 0 Å². The molecule has 2 aromatic heterocycles. The molecule has 0 aliphatic heterocycles. The van der Waals surface area contributed by atoms with Crippen molar-refractivity contribution >= 4 is 57.3 Å². The van der Waals surface area contributed by atoms with Crippen LogP contribution in [0, 0.1) is 0 Å². The van der Waals surface area contributed by atoms with E-state index in [9.17, 15) is 4.79 Å². The van der Waals surface area contributed by atoms with Gasteiger partial charge in [0.1, 0.15) is 12.1 Å². The summed E-state index contributed by atoms with van der Waals surface area (Å²) >= 11 is 13.0. The number of carbonyl (C=O) groups is 1. The molecule has 4 rings (SSSR count). The molecule has 7 nitrogen and oxygen atoms in total. The van der Waals surface area contributed by atoms with Crippen LogP contribution in [-0.2, 0) is 0 Å². The Balaban J connectivity index is 1.43. The van der Waals surface area contributed by atoms with Gasteiger partial charge in [0.15, 0.2) is 5.82 Å². The minimum Gasteiger partial charge on any atom is -0.340 e. The van der Waals surface area contributed by atoms with E-state index in [1.54, 1.807) is 54.7 Å². The second kappa shape index (κ2) is 8.52. The van der Waals surface area contributed by atoms with Gasteiger partial charge < -0.3 is 5.32 Å². The summed E-state index contributed by atoms with van der Waals surface area (Å²) in [5.41, 5.74) is 2.01. The lowest BCUT2D eigenvalue weighted by Gasteiger charge is -2.06. The van der Waals surface area contributed by atoms with Crippen LogP contribution < -0.4 is 10.6 Å². The number of hydrogen-bond donors (Lipinski definition) is 2. The van der Waals surface area contributed by atoms with Crippen molar-refractivity contribution in [1.29, 1.82) is 0 Å². The SMILES string of the molecule is O=C(Nc1nc(-c2ccc(Cl)c(Cl)c2)ns1)c1ccc(Nc2ccncn2)cc1. The number of nitrogens with one attached hydrogen (secondary N) is 2. The summed E-state index contributed by atoms with van der Waals surface area (Å²) in [4.78, 5) is 24.8. The molecule has 0 unspecified atom stereocenters. The van der Waals surface area contributed by atoms with Gasteiger partial charge in [-0.05, 0) is 48.5 Å². The van der Waals surface area contributed by atoms with Crippen LogP contribution in [0.2, 0.25) is 10.0 Å². The summed E-state index contributed by atoms with van der Waals surface area (Å²) < 4.78 is 4.26. The predicted molar refractivity (Wildman–Crippen MR) is 115 cm³/mol. The highest BCUT2D eigenvalue weighted by Gasteiger charge is 2.12. The molecular formula is C19H12Cl2N6OS. The fourth-order valence-electron chi connectivity index (χ4n) is 2.41. The van der Waals surface area contributed by atoms with E-state index in [2.05, 4.69) is 30.0 Å². The molecule has 0 aliphatic carbocycles. The second-order valence-corrected chi connectivity index (χ2v) is 7.37. The lowest BCUT2D eigenvalue weighted by molar-refractivity contribution is 0.102. The molecule has 0 bridgehead atoms. The lowest BCUT2D eigenvalue weighted by atomic mass is 10.2. The summed E-state index contributed by atoms with van der Waals surface area (Å²) in [5.74, 6) is 0.851. The smallest absolute Gasteiger partial charge is 0.257 e. The quantitative estimate of drug-likeness (QED) is 0.435. The van der Waals surface area contributed by atoms with Crippen LogP contribution in [0.4, 0.5) is 16.6 Å². The minimum absolute atomic E-state index is 0.282. The Hall–Kier alpha value is -3.07. The first-order valence-corrected chi connectivity index (χ1v) is 9.85. The molecule has 0 saturated heterocycles. The van der Waals surface area contributed by atoms with Gasteiger partial charge in [-0.2, -0.15) is 9.36 Å². The van der Waals surface area contributed by atoms with Crippen molar-refractivity contribution in [3.8, 4) is 11.4 Å². The lowest BCUT2D eigenvalue weighted by Crippen LogP contribution is -2.11. The van der Waals surface area contributed by atoms with Gasteiger partial charge >= 0.3 is 0 Å². The van der Waals surface area contributed by atoms with Crippen LogP contribution in [0.15, 0.2) is 61.1 Å². The van der Waals surface area contributed by atoms with Crippen LogP contribution in [0.25, 0.3) is 11.4 Å². The topological polar surface area (TPSA) is 92.7 Å². The third-order valence-corrected chi connectivity index (χ3v) is 5.20. The maximum Gasteiger partial charge on any atom is 0.257 e. The normalized spacial score (nSPS) is 10.6. The Kier molecular flexibility index (Phi) is 5.66. The van der Waals surface area contributed by atoms with Crippen molar-refractivity contribution in [2.24, 2.45) is 0 Å². The fourth-order valence-corrected chi connectivity index (χ4v) is 3.30. The van der Waals surface area contributed by atoms with E-state index in [0.29, 0.717) is 32.4 Å². The van der Waals surface area contributed by atoms with Crippen LogP contribution in [0.1, 0.15) is 10.4 Å². The number of anilines is 3. The molecule has 0 radical (unpaired) electrons. The average Bonchev–Trinajstić information content (AvgIpc) is 3.20. The van der Waals surface area contributed by atoms with E-state index < -0.39 is 0 Å². The van der Waals surface area contributed by atoms with Gasteiger partial charge in [-0.1, -0.05) is 23.2 Å². The maximum atomic E-state index is 12.5. The van der Waals surface area contributed by atoms with E-state index in [1.807, 2.05) is 0 Å². The summed E-state index contributed by atoms with van der Waals surface area (Å²) in [6.07, 6.45) is 3.10. The van der Waals surface area contributed by atoms with Crippen LogP contribution in [0.5, 0.6) is 0 Å². The molecule has 2 aromatic carbocycles. The van der Waals surface area contributed by atoms with Crippen LogP contribution in [-0.4, -0.2) is 25.2 Å². The van der Waals surface area contributed by atoms with Crippen molar-refractivity contribution in [3.05, 3.63) is 76.7 Å². The van der Waals surface area contributed by atoms with E-state index in [-0.39, 0.29) is 5.91 Å². The highest BCUT2D eigenvalue weighted by atomic mass is 35.5. The largest absolute Gasteiger partial charge is 0.340 e. The first kappa shape index (κ1) is 19.3. The molecule has 2 N–H and O–H groups in total. The Bertz CT molecular complexity index is 1150. The molecule has 0 aliphatic rings. The number of nitrogens with zero attached hydrogens (tertiary/aromatic N) is 4. The zero-order valence-corrected chi connectivity index (χ0v) is 17.0. The Labute approximate surface area is 179 Å². The van der Waals surface area contributed by atoms with E-state index in [1.165, 1.54) is 6.33 Å². The first-order valence-electron chi connectivity index (χ1n) is 8.32. The average molecular weight is 443 g/mol. The molecule has 0 saturated carbocycles. The van der Waals surface area contributed by atoms with Crippen molar-refractivity contribution < 1.29 is 4.79 Å². The minimum atomic E-state index is -0.282. The van der Waals surface area contributed by atoms with Gasteiger partial charge in [0, 0.05) is 34.5 Å². The van der Waals surface area contributed by atoms with Crippen LogP contribution >= 0.6 is 34.7 Å². The number of rotatable bonds is 5. The van der Waals surface area contributed by atoms with Crippen molar-refractivity contribution in [2.75, 3.05) is 10.6 Å². The third kappa shape index (κ3) is 4.68. The van der Waals surface area contributed by atoms with E-state index in [4.69, 9.17) is 23.2 Å². The van der Waals surface area contributed by atoms with Crippen molar-refractivity contribution in [2.45, 2.75) is 0 Å². The summed E-state index contributed by atoms with van der Waals surface area (Å²) in [7, 11) is 0. The van der Waals surface area contributed by atoms with Gasteiger partial charge in [0.25, 0.3) is 5.91 Å². The van der Waals surface area contributed by atoms with Gasteiger partial charge in [-0.25, -0.2) is 9.97 Å². The molecule has 0 spiro atoms. The Morgan fingerprint density at radius 2 is 1.83 bits per heavy atom. The highest BCUT2D eigenvalue weighted by molar-refractivity contribution is 7.10. The fraction of sp³-hybridized carbons (Fsp3) is 0. The predicted octanol–water partition coefficient (Wildman–Crippen LogP) is 5.30. The van der Waals surface area contributed by atoms with Gasteiger partial charge in [-0.3, -0.25) is 10.1 Å². The van der Waals surface area contributed by atoms with Gasteiger partial charge in [0.05, 0.1) is 10.0 Å². The van der Waals surface area contributed by atoms with Crippen LogP contribution in [0.3, 0.4) is 0 Å². The Morgan fingerprint density at radius 1 is 1.00 bits per heavy atom. The number of amides is 1. The highest BCUT2D eigenvalue weighted by Crippen LogP contribution is 2.28. The monoisotopic (exact) mass is 442 g/mol. The summed E-state index contributed by atoms with van der Waals surface area (Å²) in [6, 6.07) is 13.9. The third-order valence-electron chi connectivity index (χ3n) is 3.83. The molecule has 29 heavy (non-hydrogen) atoms. The molecule has 0 atom stereocenters. The molecule has 10 heteroatoms. The summed E-state index contributed by atoms with van der Waals surface area (Å²) in [5, 5.41) is 7.14. The second-order valence-electron chi connectivity index (χ2n) is 5.80. The molecule has 2 heterocycles. The molecular weight excluding hydrogens is 431 g/mol. The number of halogens is 2. The molecule has 144 valence electrons. The number of hydrogen-bond acceptors (Lipinski definition) is 7. The van der Waals surface area contributed by atoms with Gasteiger partial charge in [-0.15, -0.1) is 0 Å². The number of benzene rings is 2. The molecule has 1 amide bonds. The zero-order chi connectivity index (χ0) is 20.2. The maximum absolute atomic E-state index is 12.5. The van der Waals surface area contributed by atoms with E-state index in [0.717, 1.165) is 22.8 Å². The standard InChI is InChI=1S/C19H12Cl2N6OS/c20-14-6-3-12(9-15(14)21)17-25-19(29-27-17)26-18(28)11-1-4-13(5-2-11)24-16-7-8-22-10-23-16/h1-10H,(H,22,23,24)(H,25,26,27,28). The van der Waals surface area contributed by atoms with Gasteiger partial charge in [0.2, 0.25) is 5.13 Å². The van der Waals surface area contributed by atoms with Crippen molar-refractivity contribution in [1.82, 2.24) is 19.3 Å². The zero-order valence-electron chi connectivity index (χ0n) is 14.6. The summed E-state index contributed by atoms with van der Waals surface area (Å²) in [6.45, 7) is 0. The van der Waals surface area contributed by atoms with Crippen molar-refractivity contribution in [3.63, 3.8) is 0 Å². The molecule has 4 aromatic rings. The Morgan fingerprint density at radius 3 is 2.55 bits per heavy atom.